The zero-order chi connectivity index (χ0) is 19.7. The first-order chi connectivity index (χ1) is 13.4. The van der Waals surface area contributed by atoms with Gasteiger partial charge in [-0.15, -0.1) is 0 Å². The van der Waals surface area contributed by atoms with E-state index in [1.807, 2.05) is 11.0 Å². The van der Waals surface area contributed by atoms with Gasteiger partial charge in [0.2, 0.25) is 15.9 Å². The van der Waals surface area contributed by atoms with Crippen LogP contribution < -0.4 is 10.0 Å². The molecule has 3 heterocycles. The molecule has 1 unspecified atom stereocenters. The molecule has 1 amide bonds. The van der Waals surface area contributed by atoms with Gasteiger partial charge in [-0.05, 0) is 30.9 Å². The monoisotopic (exact) mass is 424 g/mol. The van der Waals surface area contributed by atoms with Gasteiger partial charge in [0.05, 0.1) is 11.9 Å². The van der Waals surface area contributed by atoms with Crippen molar-refractivity contribution in [3.63, 3.8) is 0 Å². The van der Waals surface area contributed by atoms with E-state index < -0.39 is 10.0 Å². The highest BCUT2D eigenvalue weighted by molar-refractivity contribution is 7.89. The van der Waals surface area contributed by atoms with Crippen molar-refractivity contribution in [3.05, 3.63) is 41.2 Å². The molecule has 1 atom stereocenters. The van der Waals surface area contributed by atoms with E-state index >= 15 is 0 Å². The van der Waals surface area contributed by atoms with Crippen molar-refractivity contribution in [2.75, 3.05) is 18.4 Å². The molecule has 1 saturated heterocycles. The number of amides is 1. The summed E-state index contributed by atoms with van der Waals surface area (Å²) < 4.78 is 32.7. The number of halogens is 1. The fraction of sp³-hybridized carbons (Fsp3) is 0.444. The number of hydrogen-bond donors (Lipinski definition) is 2. The summed E-state index contributed by atoms with van der Waals surface area (Å²) in [6, 6.07) is 8.49. The third kappa shape index (κ3) is 4.01. The number of nitrogens with one attached hydrogen (secondary N) is 2. The molecule has 0 bridgehead atoms. The topological polar surface area (TPSA) is 105 Å². The summed E-state index contributed by atoms with van der Waals surface area (Å²) >= 11 is 5.71. The van der Waals surface area contributed by atoms with Gasteiger partial charge in [-0.2, -0.15) is 4.72 Å². The normalized spacial score (nSPS) is 21.8. The van der Waals surface area contributed by atoms with E-state index in [4.69, 9.17) is 16.1 Å². The SMILES string of the molecule is O=C(CCc1cc(Cl)no1)N1CCC(C2Nc3ccccc3S(=O)(=O)N2)CC1. The van der Waals surface area contributed by atoms with E-state index in [2.05, 4.69) is 15.2 Å². The maximum atomic E-state index is 12.5. The van der Waals surface area contributed by atoms with Crippen molar-refractivity contribution in [1.82, 2.24) is 14.8 Å². The highest BCUT2D eigenvalue weighted by Gasteiger charge is 2.35. The number of carbonyl (C=O) groups excluding carboxylic acids is 1. The lowest BCUT2D eigenvalue weighted by molar-refractivity contribution is -0.132. The Labute approximate surface area is 168 Å². The van der Waals surface area contributed by atoms with Crippen LogP contribution in [0.25, 0.3) is 0 Å². The van der Waals surface area contributed by atoms with Crippen LogP contribution in [0.3, 0.4) is 0 Å². The zero-order valence-corrected chi connectivity index (χ0v) is 16.7. The molecular formula is C18H21ClN4O4S. The molecule has 0 saturated carbocycles. The van der Waals surface area contributed by atoms with Gasteiger partial charge in [-0.25, -0.2) is 8.42 Å². The number of likely N-dealkylation sites (tertiary alicyclic amines) is 1. The molecule has 1 fully saturated rings. The van der Waals surface area contributed by atoms with Crippen molar-refractivity contribution in [2.24, 2.45) is 5.92 Å². The predicted molar refractivity (Wildman–Crippen MR) is 103 cm³/mol. The number of anilines is 1. The first-order valence-electron chi connectivity index (χ1n) is 9.19. The lowest BCUT2D eigenvalue weighted by Crippen LogP contribution is -2.52. The number of sulfonamides is 1. The number of aromatic nitrogens is 1. The van der Waals surface area contributed by atoms with Crippen LogP contribution in [0.2, 0.25) is 5.15 Å². The number of para-hydroxylation sites is 1. The Kier molecular flexibility index (Phi) is 5.31. The number of aryl methyl sites for hydroxylation is 1. The number of benzene rings is 1. The third-order valence-electron chi connectivity index (χ3n) is 5.25. The molecule has 1 aromatic heterocycles. The summed E-state index contributed by atoms with van der Waals surface area (Å²) in [5.74, 6) is 0.751. The Morgan fingerprint density at radius 3 is 2.75 bits per heavy atom. The average Bonchev–Trinajstić information content (AvgIpc) is 3.11. The van der Waals surface area contributed by atoms with Gasteiger partial charge in [-0.1, -0.05) is 28.9 Å². The van der Waals surface area contributed by atoms with Gasteiger partial charge in [0.15, 0.2) is 5.15 Å². The highest BCUT2D eigenvalue weighted by Crippen LogP contribution is 2.30. The molecule has 10 heteroatoms. The van der Waals surface area contributed by atoms with E-state index in [1.54, 1.807) is 24.3 Å². The summed E-state index contributed by atoms with van der Waals surface area (Å²) in [5, 5.41) is 7.17. The van der Waals surface area contributed by atoms with Crippen molar-refractivity contribution < 1.29 is 17.7 Å². The maximum Gasteiger partial charge on any atom is 0.244 e. The average molecular weight is 425 g/mol. The summed E-state index contributed by atoms with van der Waals surface area (Å²) in [6.07, 6.45) is 1.87. The van der Waals surface area contributed by atoms with Crippen molar-refractivity contribution >= 4 is 33.2 Å². The Hall–Kier alpha value is -2.10. The lowest BCUT2D eigenvalue weighted by Gasteiger charge is -2.38. The van der Waals surface area contributed by atoms with Gasteiger partial charge in [0.25, 0.3) is 0 Å². The minimum atomic E-state index is -3.53. The molecule has 1 aromatic carbocycles. The smallest absolute Gasteiger partial charge is 0.244 e. The second-order valence-corrected chi connectivity index (χ2v) is 9.14. The fourth-order valence-corrected chi connectivity index (χ4v) is 5.28. The quantitative estimate of drug-likeness (QED) is 0.779. The van der Waals surface area contributed by atoms with E-state index in [0.717, 1.165) is 12.8 Å². The highest BCUT2D eigenvalue weighted by atomic mass is 35.5. The molecule has 2 aliphatic heterocycles. The Morgan fingerprint density at radius 2 is 2.04 bits per heavy atom. The van der Waals surface area contributed by atoms with Crippen LogP contribution in [-0.4, -0.2) is 43.6 Å². The molecule has 0 aliphatic carbocycles. The minimum Gasteiger partial charge on any atom is -0.368 e. The van der Waals surface area contributed by atoms with Gasteiger partial charge in [-0.3, -0.25) is 4.79 Å². The standard InChI is InChI=1S/C18H21ClN4O4S/c19-16-11-13(27-21-16)5-6-17(24)23-9-7-12(8-10-23)18-20-14-3-1-2-4-15(14)28(25,26)22-18/h1-4,11-12,18,20,22H,5-10H2. The van der Waals surface area contributed by atoms with Crippen LogP contribution in [-0.2, 0) is 21.2 Å². The second-order valence-electron chi connectivity index (χ2n) is 7.07. The number of hydrogen-bond acceptors (Lipinski definition) is 6. The fourth-order valence-electron chi connectivity index (χ4n) is 3.74. The summed E-state index contributed by atoms with van der Waals surface area (Å²) in [6.45, 7) is 1.20. The summed E-state index contributed by atoms with van der Waals surface area (Å²) in [4.78, 5) is 14.5. The van der Waals surface area contributed by atoms with Crippen LogP contribution in [0.15, 0.2) is 39.8 Å². The van der Waals surface area contributed by atoms with Gasteiger partial charge in [0, 0.05) is 32.0 Å². The molecule has 2 aliphatic rings. The van der Waals surface area contributed by atoms with Crippen LogP contribution in [0, 0.1) is 5.92 Å². The predicted octanol–water partition coefficient (Wildman–Crippen LogP) is 2.23. The van der Waals surface area contributed by atoms with Gasteiger partial charge in [0.1, 0.15) is 10.7 Å². The molecule has 0 spiro atoms. The summed E-state index contributed by atoms with van der Waals surface area (Å²) in [7, 11) is -3.53. The number of fused-ring (bicyclic) bond motifs is 1. The third-order valence-corrected chi connectivity index (χ3v) is 6.93. The van der Waals surface area contributed by atoms with Crippen LogP contribution in [0.5, 0.6) is 0 Å². The lowest BCUT2D eigenvalue weighted by atomic mass is 9.93. The molecule has 150 valence electrons. The van der Waals surface area contributed by atoms with E-state index in [-0.39, 0.29) is 28.0 Å². The molecule has 2 aromatic rings. The van der Waals surface area contributed by atoms with E-state index in [1.165, 1.54) is 0 Å². The van der Waals surface area contributed by atoms with Crippen molar-refractivity contribution in [1.29, 1.82) is 0 Å². The maximum absolute atomic E-state index is 12.5. The van der Waals surface area contributed by atoms with Crippen molar-refractivity contribution in [2.45, 2.75) is 36.7 Å². The molecular weight excluding hydrogens is 404 g/mol. The van der Waals surface area contributed by atoms with Crippen LogP contribution >= 0.6 is 11.6 Å². The molecule has 0 radical (unpaired) electrons. The van der Waals surface area contributed by atoms with Crippen LogP contribution in [0.1, 0.15) is 25.0 Å². The number of carbonyl (C=O) groups is 1. The zero-order valence-electron chi connectivity index (χ0n) is 15.1. The van der Waals surface area contributed by atoms with E-state index in [9.17, 15) is 13.2 Å². The largest absolute Gasteiger partial charge is 0.368 e. The Morgan fingerprint density at radius 1 is 1.29 bits per heavy atom. The second kappa shape index (κ2) is 7.73. The molecule has 28 heavy (non-hydrogen) atoms. The number of nitrogens with zero attached hydrogens (tertiary/aromatic N) is 2. The molecule has 4 rings (SSSR count). The first-order valence-corrected chi connectivity index (χ1v) is 11.1. The molecule has 2 N–H and O–H groups in total. The van der Waals surface area contributed by atoms with E-state index in [0.29, 0.717) is 37.4 Å². The first kappa shape index (κ1) is 19.2. The van der Waals surface area contributed by atoms with Gasteiger partial charge >= 0.3 is 0 Å². The Bertz CT molecular complexity index is 969. The summed E-state index contributed by atoms with van der Waals surface area (Å²) in [5.41, 5.74) is 0.621. The number of piperidine rings is 1. The van der Waals surface area contributed by atoms with Crippen molar-refractivity contribution in [3.8, 4) is 0 Å². The number of rotatable bonds is 4. The van der Waals surface area contributed by atoms with Gasteiger partial charge < -0.3 is 14.7 Å². The van der Waals surface area contributed by atoms with Crippen LogP contribution in [0.4, 0.5) is 5.69 Å². The minimum absolute atomic E-state index is 0.0495. The Balaban J connectivity index is 1.32. The molecule has 8 nitrogen and oxygen atoms in total.